The Kier molecular flexibility index (Phi) is 12.4. The summed E-state index contributed by atoms with van der Waals surface area (Å²) in [6.45, 7) is 11.9. The lowest BCUT2D eigenvalue weighted by Crippen LogP contribution is -2.54. The van der Waals surface area contributed by atoms with Crippen molar-refractivity contribution in [3.05, 3.63) is 0 Å². The lowest BCUT2D eigenvalue weighted by atomic mass is 10.3. The zero-order valence-electron chi connectivity index (χ0n) is 15.7. The van der Waals surface area contributed by atoms with Crippen molar-refractivity contribution in [3.63, 3.8) is 0 Å². The molecule has 0 aromatic carbocycles. The van der Waals surface area contributed by atoms with Crippen LogP contribution in [0.4, 0.5) is 4.79 Å². The van der Waals surface area contributed by atoms with Gasteiger partial charge in [0.1, 0.15) is 0 Å². The van der Waals surface area contributed by atoms with Gasteiger partial charge in [-0.1, -0.05) is 0 Å². The zero-order valence-corrected chi connectivity index (χ0v) is 18.0. The number of aliphatic imine (C=N–C) groups is 1. The topological polar surface area (TPSA) is 86.3 Å². The summed E-state index contributed by atoms with van der Waals surface area (Å²) in [4.78, 5) is 31.8. The Labute approximate surface area is 167 Å². The van der Waals surface area contributed by atoms with Crippen LogP contribution in [0.3, 0.4) is 0 Å². The third-order valence-electron chi connectivity index (χ3n) is 3.49. The number of carbonyl (C=O) groups is 2. The fraction of sp³-hybridized carbons (Fsp3) is 0.812. The van der Waals surface area contributed by atoms with Crippen LogP contribution in [-0.4, -0.2) is 79.7 Å². The predicted octanol–water partition coefficient (Wildman–Crippen LogP) is 1.26. The Morgan fingerprint density at radius 2 is 1.72 bits per heavy atom. The number of piperazine rings is 1. The first-order chi connectivity index (χ1) is 11.5. The van der Waals surface area contributed by atoms with Gasteiger partial charge in [-0.25, -0.2) is 4.79 Å². The molecule has 9 heteroatoms. The van der Waals surface area contributed by atoms with Crippen molar-refractivity contribution >= 4 is 41.9 Å². The highest BCUT2D eigenvalue weighted by Gasteiger charge is 2.23. The highest BCUT2D eigenvalue weighted by molar-refractivity contribution is 14.0. The van der Waals surface area contributed by atoms with Gasteiger partial charge in [-0.05, 0) is 27.7 Å². The summed E-state index contributed by atoms with van der Waals surface area (Å²) in [6, 6.07) is 0.144. The molecule has 8 nitrogen and oxygen atoms in total. The summed E-state index contributed by atoms with van der Waals surface area (Å²) in [6.07, 6.45) is 0.111. The first-order valence-electron chi connectivity index (χ1n) is 8.72. The molecule has 2 N–H and O–H groups in total. The lowest BCUT2D eigenvalue weighted by molar-refractivity contribution is -0.121. The van der Waals surface area contributed by atoms with Gasteiger partial charge in [-0.3, -0.25) is 9.79 Å². The van der Waals surface area contributed by atoms with E-state index in [0.717, 1.165) is 12.5 Å². The molecule has 0 spiro atoms. The smallest absolute Gasteiger partial charge is 0.409 e. The Bertz CT molecular complexity index is 437. The number of amides is 2. The van der Waals surface area contributed by atoms with Gasteiger partial charge in [0.05, 0.1) is 13.2 Å². The second kappa shape index (κ2) is 13.0. The number of carbonyl (C=O) groups excluding carboxylic acids is 2. The Balaban J connectivity index is 0.00000576. The maximum absolute atomic E-state index is 11.7. The summed E-state index contributed by atoms with van der Waals surface area (Å²) in [7, 11) is 0. The minimum Gasteiger partial charge on any atom is -0.450 e. The molecule has 146 valence electrons. The maximum atomic E-state index is 11.7. The minimum absolute atomic E-state index is 0. The third-order valence-corrected chi connectivity index (χ3v) is 3.49. The Morgan fingerprint density at radius 1 is 1.12 bits per heavy atom. The molecule has 1 aliphatic rings. The van der Waals surface area contributed by atoms with Gasteiger partial charge in [-0.2, -0.15) is 0 Å². The fourth-order valence-electron chi connectivity index (χ4n) is 2.40. The number of ether oxygens (including phenoxy) is 1. The highest BCUT2D eigenvalue weighted by Crippen LogP contribution is 2.04. The zero-order chi connectivity index (χ0) is 17.9. The number of rotatable bonds is 6. The fourth-order valence-corrected chi connectivity index (χ4v) is 2.40. The monoisotopic (exact) mass is 469 g/mol. The van der Waals surface area contributed by atoms with Crippen molar-refractivity contribution in [1.82, 2.24) is 20.4 Å². The number of nitrogens with one attached hydrogen (secondary N) is 2. The number of hydrogen-bond acceptors (Lipinski definition) is 4. The number of hydrogen-bond donors (Lipinski definition) is 2. The van der Waals surface area contributed by atoms with E-state index in [1.807, 2.05) is 20.8 Å². The van der Waals surface area contributed by atoms with E-state index in [2.05, 4.69) is 20.5 Å². The van der Waals surface area contributed by atoms with E-state index in [1.165, 1.54) is 0 Å². The molecule has 1 fully saturated rings. The molecule has 1 rings (SSSR count). The summed E-state index contributed by atoms with van der Waals surface area (Å²) in [5.41, 5.74) is 0. The summed E-state index contributed by atoms with van der Waals surface area (Å²) < 4.78 is 5.03. The van der Waals surface area contributed by atoms with E-state index in [-0.39, 0.29) is 42.0 Å². The Morgan fingerprint density at radius 3 is 2.24 bits per heavy atom. The SMILES string of the molecule is CCNC(=NCCC(=O)NC(C)C)N1CCN(C(=O)OCC)CC1.I. The highest BCUT2D eigenvalue weighted by atomic mass is 127. The third kappa shape index (κ3) is 9.13. The van der Waals surface area contributed by atoms with Crippen molar-refractivity contribution in [3.8, 4) is 0 Å². The molecule has 0 radical (unpaired) electrons. The average molecular weight is 469 g/mol. The molecule has 0 bridgehead atoms. The van der Waals surface area contributed by atoms with E-state index in [1.54, 1.807) is 11.8 Å². The number of guanidine groups is 1. The van der Waals surface area contributed by atoms with E-state index < -0.39 is 0 Å². The quantitative estimate of drug-likeness (QED) is 0.348. The van der Waals surface area contributed by atoms with Crippen molar-refractivity contribution < 1.29 is 14.3 Å². The van der Waals surface area contributed by atoms with E-state index in [4.69, 9.17) is 4.74 Å². The van der Waals surface area contributed by atoms with Crippen LogP contribution in [0.2, 0.25) is 0 Å². The largest absolute Gasteiger partial charge is 0.450 e. The molecule has 0 aromatic rings. The molecular weight excluding hydrogens is 437 g/mol. The summed E-state index contributed by atoms with van der Waals surface area (Å²) in [5.74, 6) is 0.801. The van der Waals surface area contributed by atoms with Crippen molar-refractivity contribution in [2.24, 2.45) is 4.99 Å². The van der Waals surface area contributed by atoms with Crippen LogP contribution >= 0.6 is 24.0 Å². The first-order valence-corrected chi connectivity index (χ1v) is 8.72. The van der Waals surface area contributed by atoms with Gasteiger partial charge in [0.15, 0.2) is 5.96 Å². The summed E-state index contributed by atoms with van der Waals surface area (Å²) in [5, 5.41) is 6.10. The maximum Gasteiger partial charge on any atom is 0.409 e. The molecule has 1 saturated heterocycles. The number of halogens is 1. The van der Waals surface area contributed by atoms with Gasteiger partial charge in [0, 0.05) is 45.2 Å². The molecule has 1 heterocycles. The lowest BCUT2D eigenvalue weighted by Gasteiger charge is -2.35. The molecule has 0 saturated carbocycles. The van der Waals surface area contributed by atoms with Gasteiger partial charge in [0.2, 0.25) is 5.91 Å². The van der Waals surface area contributed by atoms with Gasteiger partial charge >= 0.3 is 6.09 Å². The summed E-state index contributed by atoms with van der Waals surface area (Å²) >= 11 is 0. The van der Waals surface area contributed by atoms with E-state index in [0.29, 0.717) is 45.8 Å². The van der Waals surface area contributed by atoms with Crippen LogP contribution in [0.5, 0.6) is 0 Å². The van der Waals surface area contributed by atoms with Crippen LogP contribution in [0.1, 0.15) is 34.1 Å². The number of nitrogens with zero attached hydrogens (tertiary/aromatic N) is 3. The Hall–Kier alpha value is -1.26. The second-order valence-corrected chi connectivity index (χ2v) is 5.88. The van der Waals surface area contributed by atoms with Crippen LogP contribution in [-0.2, 0) is 9.53 Å². The molecule has 0 aromatic heterocycles. The van der Waals surface area contributed by atoms with Crippen LogP contribution in [0.25, 0.3) is 0 Å². The first kappa shape index (κ1) is 23.7. The van der Waals surface area contributed by atoms with Crippen LogP contribution in [0.15, 0.2) is 4.99 Å². The standard InChI is InChI=1S/C16H31N5O3.HI/c1-5-17-15(18-8-7-14(22)19-13(3)4)20-9-11-21(12-10-20)16(23)24-6-2;/h13H,5-12H2,1-4H3,(H,17,18)(H,19,22);1H. The van der Waals surface area contributed by atoms with Crippen molar-refractivity contribution in [2.45, 2.75) is 40.2 Å². The molecule has 1 aliphatic heterocycles. The van der Waals surface area contributed by atoms with Gasteiger partial charge in [0.25, 0.3) is 0 Å². The van der Waals surface area contributed by atoms with Crippen LogP contribution < -0.4 is 10.6 Å². The van der Waals surface area contributed by atoms with Crippen LogP contribution in [0, 0.1) is 0 Å². The molecule has 0 aliphatic carbocycles. The van der Waals surface area contributed by atoms with E-state index in [9.17, 15) is 9.59 Å². The van der Waals surface area contributed by atoms with Crippen molar-refractivity contribution in [1.29, 1.82) is 0 Å². The molecule has 0 atom stereocenters. The molecule has 0 unspecified atom stereocenters. The average Bonchev–Trinajstić information content (AvgIpc) is 2.54. The van der Waals surface area contributed by atoms with Gasteiger partial charge < -0.3 is 25.2 Å². The minimum atomic E-state index is -0.260. The second-order valence-electron chi connectivity index (χ2n) is 5.88. The molecular formula is C16H32IN5O3. The van der Waals surface area contributed by atoms with Gasteiger partial charge in [-0.15, -0.1) is 24.0 Å². The molecule has 2 amide bonds. The normalized spacial score (nSPS) is 14.8. The van der Waals surface area contributed by atoms with E-state index >= 15 is 0 Å². The molecule has 25 heavy (non-hydrogen) atoms. The van der Waals surface area contributed by atoms with Crippen molar-refractivity contribution in [2.75, 3.05) is 45.9 Å². The predicted molar refractivity (Wildman–Crippen MR) is 109 cm³/mol.